The van der Waals surface area contributed by atoms with Crippen LogP contribution in [0, 0.1) is 5.92 Å². The van der Waals surface area contributed by atoms with Crippen molar-refractivity contribution in [3.8, 4) is 0 Å². The van der Waals surface area contributed by atoms with Crippen LogP contribution in [0.5, 0.6) is 0 Å². The third-order valence-corrected chi connectivity index (χ3v) is 1.58. The molecule has 0 heterocycles. The summed E-state index contributed by atoms with van der Waals surface area (Å²) in [7, 11) is 1.22. The standard InChI is InChI=1S/C7H15NO3/c1-4(2)5(8)6(9)7(10)11-3/h4-6,9H,8H2,1-3H3/t5-,6?/m0/s1. The van der Waals surface area contributed by atoms with Crippen LogP contribution >= 0.6 is 0 Å². The molecule has 0 aliphatic carbocycles. The normalized spacial score (nSPS) is 16.2. The van der Waals surface area contributed by atoms with Crippen LogP contribution in [0.4, 0.5) is 0 Å². The number of esters is 1. The smallest absolute Gasteiger partial charge is 0.336 e. The highest BCUT2D eigenvalue weighted by molar-refractivity contribution is 5.75. The summed E-state index contributed by atoms with van der Waals surface area (Å²) in [6.07, 6.45) is -1.21. The van der Waals surface area contributed by atoms with Crippen LogP contribution in [0.1, 0.15) is 13.8 Å². The second-order valence-corrected chi connectivity index (χ2v) is 2.79. The second-order valence-electron chi connectivity index (χ2n) is 2.79. The topological polar surface area (TPSA) is 72.5 Å². The first-order valence-electron chi connectivity index (χ1n) is 3.52. The lowest BCUT2D eigenvalue weighted by Crippen LogP contribution is -2.44. The van der Waals surface area contributed by atoms with Gasteiger partial charge in [-0.3, -0.25) is 0 Å². The molecule has 0 aliphatic rings. The van der Waals surface area contributed by atoms with E-state index >= 15 is 0 Å². The number of rotatable bonds is 3. The van der Waals surface area contributed by atoms with E-state index in [-0.39, 0.29) is 5.92 Å². The van der Waals surface area contributed by atoms with Crippen LogP contribution in [0.15, 0.2) is 0 Å². The monoisotopic (exact) mass is 161 g/mol. The zero-order chi connectivity index (χ0) is 9.02. The van der Waals surface area contributed by atoms with Gasteiger partial charge in [0.05, 0.1) is 7.11 Å². The van der Waals surface area contributed by atoms with Gasteiger partial charge in [-0.25, -0.2) is 4.79 Å². The van der Waals surface area contributed by atoms with Crippen LogP contribution in [-0.2, 0) is 9.53 Å². The van der Waals surface area contributed by atoms with Crippen molar-refractivity contribution in [2.45, 2.75) is 26.0 Å². The Labute approximate surface area is 66.3 Å². The summed E-state index contributed by atoms with van der Waals surface area (Å²) in [4.78, 5) is 10.7. The van der Waals surface area contributed by atoms with E-state index in [1.807, 2.05) is 13.8 Å². The van der Waals surface area contributed by atoms with Crippen LogP contribution in [0.3, 0.4) is 0 Å². The second kappa shape index (κ2) is 4.31. The van der Waals surface area contributed by atoms with Gasteiger partial charge in [-0.05, 0) is 5.92 Å². The van der Waals surface area contributed by atoms with Gasteiger partial charge >= 0.3 is 5.97 Å². The van der Waals surface area contributed by atoms with Gasteiger partial charge in [-0.2, -0.15) is 0 Å². The van der Waals surface area contributed by atoms with E-state index in [1.54, 1.807) is 0 Å². The van der Waals surface area contributed by atoms with E-state index in [0.29, 0.717) is 0 Å². The average molecular weight is 161 g/mol. The number of nitrogens with two attached hydrogens (primary N) is 1. The van der Waals surface area contributed by atoms with Crippen molar-refractivity contribution in [3.63, 3.8) is 0 Å². The molecule has 0 spiro atoms. The van der Waals surface area contributed by atoms with E-state index in [4.69, 9.17) is 10.8 Å². The number of aliphatic hydroxyl groups is 1. The number of ether oxygens (including phenoxy) is 1. The Kier molecular flexibility index (Phi) is 4.07. The molecule has 0 radical (unpaired) electrons. The summed E-state index contributed by atoms with van der Waals surface area (Å²) in [6, 6.07) is -0.553. The third-order valence-electron chi connectivity index (χ3n) is 1.58. The highest BCUT2D eigenvalue weighted by Crippen LogP contribution is 2.04. The summed E-state index contributed by atoms with van der Waals surface area (Å²) in [6.45, 7) is 3.66. The first kappa shape index (κ1) is 10.4. The summed E-state index contributed by atoms with van der Waals surface area (Å²) >= 11 is 0. The fourth-order valence-electron chi connectivity index (χ4n) is 0.642. The molecule has 3 N–H and O–H groups in total. The number of aliphatic hydroxyl groups excluding tert-OH is 1. The largest absolute Gasteiger partial charge is 0.467 e. The zero-order valence-electron chi connectivity index (χ0n) is 7.07. The molecule has 0 saturated carbocycles. The molecular weight excluding hydrogens is 146 g/mol. The Bertz CT molecular complexity index is 136. The zero-order valence-corrected chi connectivity index (χ0v) is 7.07. The summed E-state index contributed by atoms with van der Waals surface area (Å²) in [5, 5.41) is 9.16. The minimum atomic E-state index is -1.21. The molecule has 66 valence electrons. The molecule has 0 rings (SSSR count). The lowest BCUT2D eigenvalue weighted by Gasteiger charge is -2.19. The first-order valence-corrected chi connectivity index (χ1v) is 3.52. The maximum absolute atomic E-state index is 10.7. The molecule has 0 fully saturated rings. The van der Waals surface area contributed by atoms with Crippen molar-refractivity contribution >= 4 is 5.97 Å². The predicted molar refractivity (Wildman–Crippen MR) is 40.8 cm³/mol. The average Bonchev–Trinajstić information content (AvgIpc) is 2.00. The van der Waals surface area contributed by atoms with Crippen molar-refractivity contribution in [2.24, 2.45) is 11.7 Å². The van der Waals surface area contributed by atoms with Crippen molar-refractivity contribution in [3.05, 3.63) is 0 Å². The van der Waals surface area contributed by atoms with Crippen molar-refractivity contribution in [1.29, 1.82) is 0 Å². The first-order chi connectivity index (χ1) is 5.00. The molecule has 0 aliphatic heterocycles. The molecule has 0 aromatic carbocycles. The third kappa shape index (κ3) is 2.86. The number of methoxy groups -OCH3 is 1. The maximum Gasteiger partial charge on any atom is 0.336 e. The Morgan fingerprint density at radius 1 is 1.55 bits per heavy atom. The Hall–Kier alpha value is -0.610. The predicted octanol–water partition coefficient (Wildman–Crippen LogP) is -0.496. The van der Waals surface area contributed by atoms with Gasteiger partial charge in [0.2, 0.25) is 0 Å². The molecule has 0 saturated heterocycles. The molecular formula is C7H15NO3. The van der Waals surface area contributed by atoms with E-state index in [1.165, 1.54) is 7.11 Å². The minimum Gasteiger partial charge on any atom is -0.467 e. The van der Waals surface area contributed by atoms with Gasteiger partial charge in [-0.15, -0.1) is 0 Å². The molecule has 0 amide bonds. The van der Waals surface area contributed by atoms with E-state index in [2.05, 4.69) is 4.74 Å². The lowest BCUT2D eigenvalue weighted by atomic mass is 10.00. The number of carbonyl (C=O) groups excluding carboxylic acids is 1. The van der Waals surface area contributed by atoms with Crippen LogP contribution in [0.25, 0.3) is 0 Å². The molecule has 11 heavy (non-hydrogen) atoms. The Balaban J connectivity index is 4.01. The Morgan fingerprint density at radius 2 is 2.00 bits per heavy atom. The molecule has 2 atom stereocenters. The van der Waals surface area contributed by atoms with Crippen molar-refractivity contribution in [2.75, 3.05) is 7.11 Å². The van der Waals surface area contributed by atoms with Crippen LogP contribution in [0.2, 0.25) is 0 Å². The quantitative estimate of drug-likeness (QED) is 0.547. The summed E-state index contributed by atoms with van der Waals surface area (Å²) in [5.74, 6) is -0.615. The van der Waals surface area contributed by atoms with Gasteiger partial charge in [0, 0.05) is 6.04 Å². The minimum absolute atomic E-state index is 0.0594. The maximum atomic E-state index is 10.7. The SMILES string of the molecule is COC(=O)C(O)[C@@H](N)C(C)C. The van der Waals surface area contributed by atoms with Gasteiger partial charge in [0.25, 0.3) is 0 Å². The van der Waals surface area contributed by atoms with Gasteiger partial charge in [0.1, 0.15) is 0 Å². The molecule has 0 aromatic heterocycles. The molecule has 1 unspecified atom stereocenters. The number of carbonyl (C=O) groups is 1. The van der Waals surface area contributed by atoms with Crippen LogP contribution in [-0.4, -0.2) is 30.3 Å². The number of hydrogen-bond acceptors (Lipinski definition) is 4. The van der Waals surface area contributed by atoms with E-state index in [9.17, 15) is 4.79 Å². The fourth-order valence-corrected chi connectivity index (χ4v) is 0.642. The van der Waals surface area contributed by atoms with Gasteiger partial charge in [0.15, 0.2) is 6.10 Å². The molecule has 0 aromatic rings. The molecule has 0 bridgehead atoms. The highest BCUT2D eigenvalue weighted by atomic mass is 16.5. The van der Waals surface area contributed by atoms with Gasteiger partial charge < -0.3 is 15.6 Å². The molecule has 4 heteroatoms. The summed E-state index contributed by atoms with van der Waals surface area (Å²) < 4.78 is 4.31. The van der Waals surface area contributed by atoms with Crippen molar-refractivity contribution in [1.82, 2.24) is 0 Å². The van der Waals surface area contributed by atoms with Gasteiger partial charge in [-0.1, -0.05) is 13.8 Å². The summed E-state index contributed by atoms with van der Waals surface area (Å²) in [5.41, 5.74) is 5.49. The highest BCUT2D eigenvalue weighted by Gasteiger charge is 2.25. The Morgan fingerprint density at radius 3 is 2.27 bits per heavy atom. The van der Waals surface area contributed by atoms with Crippen LogP contribution < -0.4 is 5.73 Å². The number of hydrogen-bond donors (Lipinski definition) is 2. The van der Waals surface area contributed by atoms with Crippen molar-refractivity contribution < 1.29 is 14.6 Å². The van der Waals surface area contributed by atoms with E-state index < -0.39 is 18.1 Å². The van der Waals surface area contributed by atoms with E-state index in [0.717, 1.165) is 0 Å². The molecule has 4 nitrogen and oxygen atoms in total. The lowest BCUT2D eigenvalue weighted by molar-refractivity contribution is -0.152. The fraction of sp³-hybridized carbons (Fsp3) is 0.857.